The number of rotatable bonds is 1. The van der Waals surface area contributed by atoms with Crippen LogP contribution in [0.2, 0.25) is 5.02 Å². The molecule has 1 heterocycles. The number of halogens is 1. The van der Waals surface area contributed by atoms with Gasteiger partial charge in [-0.1, -0.05) is 23.4 Å². The van der Waals surface area contributed by atoms with Gasteiger partial charge in [-0.3, -0.25) is 4.79 Å². The molecule has 1 fully saturated rings. The summed E-state index contributed by atoms with van der Waals surface area (Å²) in [5, 5.41) is 0.498. The Kier molecular flexibility index (Phi) is 5.15. The number of carbonyl (C=O) groups is 1. The van der Waals surface area contributed by atoms with E-state index in [9.17, 15) is 4.79 Å². The number of hydrogen-bond donors (Lipinski definition) is 1. The second kappa shape index (κ2) is 6.85. The molecule has 1 saturated heterocycles. The van der Waals surface area contributed by atoms with Crippen LogP contribution in [0.4, 0.5) is 0 Å². The van der Waals surface area contributed by atoms with E-state index in [4.69, 9.17) is 17.3 Å². The van der Waals surface area contributed by atoms with Crippen LogP contribution in [0, 0.1) is 11.8 Å². The molecule has 1 aliphatic heterocycles. The molecule has 0 spiro atoms. The van der Waals surface area contributed by atoms with Crippen LogP contribution in [0.5, 0.6) is 0 Å². The molecular formula is C14H15ClN2OS. The third-order valence-electron chi connectivity index (χ3n) is 2.84. The number of benzene rings is 1. The molecule has 1 amide bonds. The molecule has 0 atom stereocenters. The van der Waals surface area contributed by atoms with Crippen molar-refractivity contribution in [3.05, 3.63) is 34.3 Å². The zero-order valence-corrected chi connectivity index (χ0v) is 12.1. The predicted octanol–water partition coefficient (Wildman–Crippen LogP) is 1.84. The Balaban J connectivity index is 2.16. The molecule has 0 saturated carbocycles. The van der Waals surface area contributed by atoms with Gasteiger partial charge in [-0.05, 0) is 18.2 Å². The maximum Gasteiger partial charge on any atom is 0.253 e. The lowest BCUT2D eigenvalue weighted by Gasteiger charge is -2.26. The molecule has 0 aromatic heterocycles. The fourth-order valence-corrected chi connectivity index (χ4v) is 2.98. The average Bonchev–Trinajstić information content (AvgIpc) is 2.46. The summed E-state index contributed by atoms with van der Waals surface area (Å²) in [6.07, 6.45) is 0. The number of carbonyl (C=O) groups excluding carboxylic acids is 1. The minimum Gasteiger partial charge on any atom is -0.337 e. The van der Waals surface area contributed by atoms with Gasteiger partial charge in [0, 0.05) is 35.7 Å². The first kappa shape index (κ1) is 14.3. The van der Waals surface area contributed by atoms with Gasteiger partial charge in [0.2, 0.25) is 0 Å². The number of thioether (sulfide) groups is 1. The zero-order chi connectivity index (χ0) is 13.7. The lowest BCUT2D eigenvalue weighted by Crippen LogP contribution is -2.37. The van der Waals surface area contributed by atoms with Crippen LogP contribution in [0.15, 0.2) is 18.2 Å². The van der Waals surface area contributed by atoms with E-state index in [0.717, 1.165) is 24.6 Å². The maximum absolute atomic E-state index is 12.3. The number of nitrogens with two attached hydrogens (primary N) is 1. The lowest BCUT2D eigenvalue weighted by molar-refractivity contribution is 0.0772. The van der Waals surface area contributed by atoms with Crippen LogP contribution in [0.25, 0.3) is 0 Å². The van der Waals surface area contributed by atoms with E-state index >= 15 is 0 Å². The van der Waals surface area contributed by atoms with Crippen molar-refractivity contribution in [2.75, 3.05) is 31.1 Å². The zero-order valence-electron chi connectivity index (χ0n) is 10.5. The first-order valence-electron chi connectivity index (χ1n) is 6.08. The Hall–Kier alpha value is -1.15. The van der Waals surface area contributed by atoms with Crippen molar-refractivity contribution in [2.24, 2.45) is 5.73 Å². The van der Waals surface area contributed by atoms with Crippen molar-refractivity contribution in [2.45, 2.75) is 0 Å². The van der Waals surface area contributed by atoms with Crippen molar-refractivity contribution in [1.29, 1.82) is 0 Å². The second-order valence-electron chi connectivity index (χ2n) is 4.11. The Bertz CT molecular complexity index is 530. The first-order chi connectivity index (χ1) is 9.22. The van der Waals surface area contributed by atoms with Crippen molar-refractivity contribution >= 4 is 29.3 Å². The largest absolute Gasteiger partial charge is 0.337 e. The van der Waals surface area contributed by atoms with E-state index in [1.54, 1.807) is 18.2 Å². The summed E-state index contributed by atoms with van der Waals surface area (Å²) in [6, 6.07) is 5.24. The fourth-order valence-electron chi connectivity index (χ4n) is 1.84. The van der Waals surface area contributed by atoms with Gasteiger partial charge in [0.1, 0.15) is 0 Å². The molecule has 0 radical (unpaired) electrons. The van der Waals surface area contributed by atoms with E-state index in [1.807, 2.05) is 16.7 Å². The van der Waals surface area contributed by atoms with Crippen molar-refractivity contribution in [3.8, 4) is 11.8 Å². The third kappa shape index (κ3) is 3.66. The average molecular weight is 295 g/mol. The van der Waals surface area contributed by atoms with E-state index in [2.05, 4.69) is 11.8 Å². The highest BCUT2D eigenvalue weighted by molar-refractivity contribution is 7.99. The second-order valence-corrected chi connectivity index (χ2v) is 5.74. The Labute approximate surface area is 122 Å². The van der Waals surface area contributed by atoms with Gasteiger partial charge in [-0.2, -0.15) is 11.8 Å². The summed E-state index contributed by atoms with van der Waals surface area (Å²) < 4.78 is 0. The molecule has 3 nitrogen and oxygen atoms in total. The Morgan fingerprint density at radius 1 is 1.42 bits per heavy atom. The van der Waals surface area contributed by atoms with E-state index in [-0.39, 0.29) is 5.91 Å². The summed E-state index contributed by atoms with van der Waals surface area (Å²) in [5.41, 5.74) is 6.65. The summed E-state index contributed by atoms with van der Waals surface area (Å²) in [5.74, 6) is 7.68. The van der Waals surface area contributed by atoms with Crippen LogP contribution in [0.3, 0.4) is 0 Å². The molecule has 2 N–H and O–H groups in total. The van der Waals surface area contributed by atoms with Gasteiger partial charge < -0.3 is 10.6 Å². The minimum atomic E-state index is 0.0422. The van der Waals surface area contributed by atoms with Gasteiger partial charge in [0.25, 0.3) is 5.91 Å². The molecule has 19 heavy (non-hydrogen) atoms. The first-order valence-corrected chi connectivity index (χ1v) is 7.61. The van der Waals surface area contributed by atoms with Gasteiger partial charge in [-0.25, -0.2) is 0 Å². The lowest BCUT2D eigenvalue weighted by atomic mass is 10.1. The standard InChI is InChI=1S/C14H15ClN2OS/c15-13-10-12(4-3-11(13)2-1-5-16)14(18)17-6-8-19-9-7-17/h3-4,10H,5-9,16H2. The van der Waals surface area contributed by atoms with Crippen molar-refractivity contribution < 1.29 is 4.79 Å². The third-order valence-corrected chi connectivity index (χ3v) is 4.09. The fraction of sp³-hybridized carbons (Fsp3) is 0.357. The van der Waals surface area contributed by atoms with Crippen molar-refractivity contribution in [1.82, 2.24) is 4.90 Å². The van der Waals surface area contributed by atoms with Crippen molar-refractivity contribution in [3.63, 3.8) is 0 Å². The summed E-state index contributed by atoms with van der Waals surface area (Å²) in [6.45, 7) is 1.90. The smallest absolute Gasteiger partial charge is 0.253 e. The predicted molar refractivity (Wildman–Crippen MR) is 80.6 cm³/mol. The van der Waals surface area contributed by atoms with Crippen LogP contribution in [-0.2, 0) is 0 Å². The highest BCUT2D eigenvalue weighted by Gasteiger charge is 2.18. The quantitative estimate of drug-likeness (QED) is 0.804. The van der Waals surface area contributed by atoms with Gasteiger partial charge in [0.05, 0.1) is 11.6 Å². The Morgan fingerprint density at radius 2 is 2.16 bits per heavy atom. The molecule has 0 unspecified atom stereocenters. The molecule has 1 aromatic carbocycles. The summed E-state index contributed by atoms with van der Waals surface area (Å²) >= 11 is 8.01. The SMILES string of the molecule is NCC#Cc1ccc(C(=O)N2CCSCC2)cc1Cl. The normalized spacial score (nSPS) is 14.7. The molecule has 0 aliphatic carbocycles. The Morgan fingerprint density at radius 3 is 2.79 bits per heavy atom. The highest BCUT2D eigenvalue weighted by atomic mass is 35.5. The highest BCUT2D eigenvalue weighted by Crippen LogP contribution is 2.19. The molecule has 100 valence electrons. The van der Waals surface area contributed by atoms with E-state index in [0.29, 0.717) is 22.7 Å². The molecule has 1 aliphatic rings. The molecule has 0 bridgehead atoms. The van der Waals surface area contributed by atoms with Gasteiger partial charge in [-0.15, -0.1) is 0 Å². The minimum absolute atomic E-state index is 0.0422. The van der Waals surface area contributed by atoms with Gasteiger partial charge in [0.15, 0.2) is 0 Å². The molecular weight excluding hydrogens is 280 g/mol. The number of hydrogen-bond acceptors (Lipinski definition) is 3. The van der Waals surface area contributed by atoms with E-state index in [1.165, 1.54) is 0 Å². The maximum atomic E-state index is 12.3. The van der Waals surface area contributed by atoms with Crippen LogP contribution in [-0.4, -0.2) is 41.9 Å². The molecule has 1 aromatic rings. The monoisotopic (exact) mass is 294 g/mol. The summed E-state index contributed by atoms with van der Waals surface area (Å²) in [4.78, 5) is 14.1. The van der Waals surface area contributed by atoms with Crippen LogP contribution in [0.1, 0.15) is 15.9 Å². The number of amides is 1. The van der Waals surface area contributed by atoms with Gasteiger partial charge >= 0.3 is 0 Å². The van der Waals surface area contributed by atoms with E-state index < -0.39 is 0 Å². The van der Waals surface area contributed by atoms with Crippen LogP contribution >= 0.6 is 23.4 Å². The topological polar surface area (TPSA) is 46.3 Å². The molecule has 2 rings (SSSR count). The van der Waals surface area contributed by atoms with Crippen LogP contribution < -0.4 is 5.73 Å². The molecule has 5 heteroatoms. The summed E-state index contributed by atoms with van der Waals surface area (Å²) in [7, 11) is 0. The number of nitrogens with zero attached hydrogens (tertiary/aromatic N) is 1.